The average molecular weight is 372 g/mol. The van der Waals surface area contributed by atoms with E-state index in [4.69, 9.17) is 0 Å². The zero-order chi connectivity index (χ0) is 18.5. The lowest BCUT2D eigenvalue weighted by molar-refractivity contribution is -0.121. The van der Waals surface area contributed by atoms with Gasteiger partial charge in [0.05, 0.1) is 0 Å². The molecule has 5 nitrogen and oxygen atoms in total. The van der Waals surface area contributed by atoms with E-state index < -0.39 is 0 Å². The molecule has 2 amide bonds. The summed E-state index contributed by atoms with van der Waals surface area (Å²) in [7, 11) is 3.70. The van der Waals surface area contributed by atoms with Crippen LogP contribution in [0.5, 0.6) is 0 Å². The van der Waals surface area contributed by atoms with E-state index in [9.17, 15) is 9.59 Å². The van der Waals surface area contributed by atoms with Gasteiger partial charge >= 0.3 is 0 Å². The molecule has 1 aromatic heterocycles. The number of hydrogen-bond acceptors (Lipinski definition) is 4. The van der Waals surface area contributed by atoms with Crippen molar-refractivity contribution in [3.05, 3.63) is 47.3 Å². The third kappa shape index (κ3) is 4.31. The van der Waals surface area contributed by atoms with Gasteiger partial charge in [-0.3, -0.25) is 14.5 Å². The maximum Gasteiger partial charge on any atom is 0.251 e. The highest BCUT2D eigenvalue weighted by Crippen LogP contribution is 2.25. The van der Waals surface area contributed by atoms with Crippen molar-refractivity contribution in [2.75, 3.05) is 20.6 Å². The van der Waals surface area contributed by atoms with E-state index in [1.54, 1.807) is 18.4 Å². The Balaban J connectivity index is 1.52. The minimum Gasteiger partial charge on any atom is -0.359 e. The first-order chi connectivity index (χ1) is 12.6. The van der Waals surface area contributed by atoms with E-state index in [1.165, 1.54) is 4.88 Å². The largest absolute Gasteiger partial charge is 0.359 e. The van der Waals surface area contributed by atoms with Gasteiger partial charge in [0.2, 0.25) is 5.91 Å². The van der Waals surface area contributed by atoms with E-state index in [2.05, 4.69) is 21.6 Å². The Bertz CT molecular complexity index is 743. The fraction of sp³-hybridized carbons (Fsp3) is 0.400. The number of hydrogen-bond donors (Lipinski definition) is 2. The van der Waals surface area contributed by atoms with Crippen LogP contribution in [0, 0.1) is 0 Å². The molecule has 1 fully saturated rings. The first kappa shape index (κ1) is 18.6. The number of thiophene rings is 1. The number of likely N-dealkylation sites (tertiary alicyclic amines) is 1. The summed E-state index contributed by atoms with van der Waals surface area (Å²) in [5, 5.41) is 7.76. The van der Waals surface area contributed by atoms with Crippen LogP contribution in [-0.2, 0) is 4.79 Å². The molecule has 2 aromatic rings. The lowest BCUT2D eigenvalue weighted by Crippen LogP contribution is -2.42. The van der Waals surface area contributed by atoms with Crippen LogP contribution in [0.15, 0.2) is 41.8 Å². The van der Waals surface area contributed by atoms with Crippen LogP contribution in [0.4, 0.5) is 0 Å². The molecule has 0 saturated carbocycles. The van der Waals surface area contributed by atoms with Crippen LogP contribution in [0.3, 0.4) is 0 Å². The molecule has 2 atom stereocenters. The Kier molecular flexibility index (Phi) is 6.06. The second-order valence-electron chi connectivity index (χ2n) is 6.69. The number of rotatable bonds is 6. The van der Waals surface area contributed by atoms with Crippen molar-refractivity contribution < 1.29 is 9.59 Å². The van der Waals surface area contributed by atoms with Gasteiger partial charge in [0.1, 0.15) is 0 Å². The predicted molar refractivity (Wildman–Crippen MR) is 105 cm³/mol. The molecule has 0 spiro atoms. The van der Waals surface area contributed by atoms with Crippen LogP contribution >= 0.6 is 11.3 Å². The minimum atomic E-state index is -0.0501. The molecule has 1 aliphatic rings. The van der Waals surface area contributed by atoms with Crippen molar-refractivity contribution >= 4 is 23.2 Å². The molecule has 0 unspecified atom stereocenters. The predicted octanol–water partition coefficient (Wildman–Crippen LogP) is 2.74. The van der Waals surface area contributed by atoms with Crippen molar-refractivity contribution in [1.29, 1.82) is 0 Å². The van der Waals surface area contributed by atoms with Gasteiger partial charge in [-0.2, -0.15) is 0 Å². The Morgan fingerprint density at radius 2 is 1.88 bits per heavy atom. The minimum absolute atomic E-state index is 0.0501. The van der Waals surface area contributed by atoms with E-state index >= 15 is 0 Å². The maximum absolute atomic E-state index is 12.4. The summed E-state index contributed by atoms with van der Waals surface area (Å²) >= 11 is 1.69. The SMILES string of the molecule is CNC(=O)C[C@H]1CC[C@@H](CNC(=O)c2ccc(-c3cccs3)cc2)N1C. The Morgan fingerprint density at radius 3 is 2.54 bits per heavy atom. The fourth-order valence-corrected chi connectivity index (χ4v) is 4.17. The van der Waals surface area contributed by atoms with E-state index in [1.807, 2.05) is 42.8 Å². The van der Waals surface area contributed by atoms with Gasteiger partial charge in [0, 0.05) is 42.5 Å². The van der Waals surface area contributed by atoms with Crippen LogP contribution < -0.4 is 10.6 Å². The molecule has 0 radical (unpaired) electrons. The molecule has 6 heteroatoms. The van der Waals surface area contributed by atoms with Gasteiger partial charge < -0.3 is 10.6 Å². The number of carbonyl (C=O) groups is 2. The molecule has 1 saturated heterocycles. The van der Waals surface area contributed by atoms with Crippen molar-refractivity contribution in [2.45, 2.75) is 31.3 Å². The molecular formula is C20H25N3O2S. The zero-order valence-electron chi connectivity index (χ0n) is 15.2. The van der Waals surface area contributed by atoms with Gasteiger partial charge in [-0.25, -0.2) is 0 Å². The highest BCUT2D eigenvalue weighted by molar-refractivity contribution is 7.13. The summed E-state index contributed by atoms with van der Waals surface area (Å²) in [4.78, 5) is 27.4. The highest BCUT2D eigenvalue weighted by Gasteiger charge is 2.31. The third-order valence-corrected chi connectivity index (χ3v) is 6.05. The Morgan fingerprint density at radius 1 is 1.15 bits per heavy atom. The molecule has 1 aliphatic heterocycles. The van der Waals surface area contributed by atoms with Gasteiger partial charge in [-0.15, -0.1) is 11.3 Å². The van der Waals surface area contributed by atoms with Crippen molar-refractivity contribution in [3.8, 4) is 10.4 Å². The third-order valence-electron chi connectivity index (χ3n) is 5.14. The van der Waals surface area contributed by atoms with Crippen LogP contribution in [0.25, 0.3) is 10.4 Å². The summed E-state index contributed by atoms with van der Waals surface area (Å²) < 4.78 is 0. The average Bonchev–Trinajstić information content (AvgIpc) is 3.31. The summed E-state index contributed by atoms with van der Waals surface area (Å²) in [5.41, 5.74) is 1.80. The number of carbonyl (C=O) groups excluding carboxylic acids is 2. The van der Waals surface area contributed by atoms with Crippen molar-refractivity contribution in [2.24, 2.45) is 0 Å². The summed E-state index contributed by atoms with van der Waals surface area (Å²) in [6.07, 6.45) is 2.50. The molecule has 2 N–H and O–H groups in total. The molecule has 26 heavy (non-hydrogen) atoms. The summed E-state index contributed by atoms with van der Waals surface area (Å²) in [5.74, 6) is 0.0169. The van der Waals surface area contributed by atoms with Gasteiger partial charge in [-0.1, -0.05) is 18.2 Å². The summed E-state index contributed by atoms with van der Waals surface area (Å²) in [6, 6.07) is 12.3. The first-order valence-corrected chi connectivity index (χ1v) is 9.81. The smallest absolute Gasteiger partial charge is 0.251 e. The first-order valence-electron chi connectivity index (χ1n) is 8.93. The topological polar surface area (TPSA) is 61.4 Å². The standard InChI is InChI=1S/C20H25N3O2S/c1-21-19(24)12-16-9-10-17(23(16)2)13-22-20(25)15-7-5-14(6-8-15)18-4-3-11-26-18/h3-8,11,16-17H,9-10,12-13H2,1-2H3,(H,21,24)(H,22,25)/t16-,17+/m1/s1. The molecule has 0 bridgehead atoms. The number of nitrogens with zero attached hydrogens (tertiary/aromatic N) is 1. The zero-order valence-corrected chi connectivity index (χ0v) is 16.0. The molecule has 2 heterocycles. The van der Waals surface area contributed by atoms with Gasteiger partial charge in [0.15, 0.2) is 0 Å². The normalized spacial score (nSPS) is 20.1. The summed E-state index contributed by atoms with van der Waals surface area (Å²) in [6.45, 7) is 0.603. The monoisotopic (exact) mass is 371 g/mol. The van der Waals surface area contributed by atoms with E-state index in [0.717, 1.165) is 18.4 Å². The van der Waals surface area contributed by atoms with E-state index in [-0.39, 0.29) is 23.9 Å². The van der Waals surface area contributed by atoms with Crippen LogP contribution in [-0.4, -0.2) is 49.4 Å². The second kappa shape index (κ2) is 8.47. The Labute approximate surface area is 158 Å². The van der Waals surface area contributed by atoms with Crippen molar-refractivity contribution in [1.82, 2.24) is 15.5 Å². The lowest BCUT2D eigenvalue weighted by atomic mass is 10.1. The van der Waals surface area contributed by atoms with E-state index in [0.29, 0.717) is 18.5 Å². The van der Waals surface area contributed by atoms with Crippen molar-refractivity contribution in [3.63, 3.8) is 0 Å². The fourth-order valence-electron chi connectivity index (χ4n) is 3.44. The quantitative estimate of drug-likeness (QED) is 0.821. The van der Waals surface area contributed by atoms with Gasteiger partial charge in [0.25, 0.3) is 5.91 Å². The number of amides is 2. The maximum atomic E-state index is 12.4. The highest BCUT2D eigenvalue weighted by atomic mass is 32.1. The van der Waals surface area contributed by atoms with Crippen LogP contribution in [0.1, 0.15) is 29.6 Å². The number of benzene rings is 1. The molecule has 3 rings (SSSR count). The number of likely N-dealkylation sites (N-methyl/N-ethyl adjacent to an activating group) is 1. The molecule has 0 aliphatic carbocycles. The molecule has 1 aromatic carbocycles. The number of nitrogens with one attached hydrogen (secondary N) is 2. The van der Waals surface area contributed by atoms with Crippen LogP contribution in [0.2, 0.25) is 0 Å². The second-order valence-corrected chi connectivity index (χ2v) is 7.64. The Hall–Kier alpha value is -2.18. The van der Waals surface area contributed by atoms with Gasteiger partial charge in [-0.05, 0) is 49.0 Å². The lowest BCUT2D eigenvalue weighted by Gasteiger charge is -2.25. The molecular weight excluding hydrogens is 346 g/mol. The molecule has 138 valence electrons.